The van der Waals surface area contributed by atoms with E-state index in [2.05, 4.69) is 4.98 Å². The third-order valence-corrected chi connectivity index (χ3v) is 3.24. The first-order valence-corrected chi connectivity index (χ1v) is 6.21. The highest BCUT2D eigenvalue weighted by molar-refractivity contribution is 6.33. The number of anilines is 1. The Hall–Kier alpha value is -1.33. The Morgan fingerprint density at radius 1 is 1.56 bits per heavy atom. The summed E-state index contributed by atoms with van der Waals surface area (Å²) in [7, 11) is 0. The monoisotopic (exact) mass is 269 g/mol. The summed E-state index contributed by atoms with van der Waals surface area (Å²) in [5.41, 5.74) is 5.80. The zero-order chi connectivity index (χ0) is 13.3. The molecule has 98 valence electrons. The summed E-state index contributed by atoms with van der Waals surface area (Å²) < 4.78 is 5.49. The number of amides is 1. The van der Waals surface area contributed by atoms with Crippen LogP contribution in [0.4, 0.5) is 5.82 Å². The predicted octanol–water partition coefficient (Wildman–Crippen LogP) is 1.57. The Balaban J connectivity index is 2.27. The highest BCUT2D eigenvalue weighted by Crippen LogP contribution is 2.20. The van der Waals surface area contributed by atoms with Gasteiger partial charge in [0, 0.05) is 6.54 Å². The summed E-state index contributed by atoms with van der Waals surface area (Å²) in [6, 6.07) is 3.17. The standard InChI is InChI=1S/C12H16ClN3O2/c1-7-6-18-8(2)5-16(7)12(17)11-9(13)3-4-10(14)15-11/h3-4,7-8H,5-6H2,1-2H3,(H2,14,15). The van der Waals surface area contributed by atoms with Crippen molar-refractivity contribution in [2.45, 2.75) is 26.0 Å². The van der Waals surface area contributed by atoms with Crippen molar-refractivity contribution in [1.82, 2.24) is 9.88 Å². The molecule has 1 aromatic rings. The molecule has 5 nitrogen and oxygen atoms in total. The molecule has 0 saturated carbocycles. The van der Waals surface area contributed by atoms with Gasteiger partial charge in [0.1, 0.15) is 11.5 Å². The Morgan fingerprint density at radius 2 is 2.28 bits per heavy atom. The lowest BCUT2D eigenvalue weighted by atomic mass is 10.2. The van der Waals surface area contributed by atoms with Gasteiger partial charge in [-0.3, -0.25) is 4.79 Å². The first-order chi connectivity index (χ1) is 8.49. The largest absolute Gasteiger partial charge is 0.384 e. The SMILES string of the molecule is CC1CN(C(=O)c2nc(N)ccc2Cl)C(C)CO1. The van der Waals surface area contributed by atoms with Crippen molar-refractivity contribution in [3.63, 3.8) is 0 Å². The molecule has 0 bridgehead atoms. The molecule has 0 aliphatic carbocycles. The normalized spacial score (nSPS) is 24.1. The Kier molecular flexibility index (Phi) is 3.73. The topological polar surface area (TPSA) is 68.5 Å². The molecule has 1 aliphatic rings. The van der Waals surface area contributed by atoms with Gasteiger partial charge in [-0.05, 0) is 26.0 Å². The number of rotatable bonds is 1. The van der Waals surface area contributed by atoms with Crippen LogP contribution in [0.15, 0.2) is 12.1 Å². The van der Waals surface area contributed by atoms with E-state index in [9.17, 15) is 4.79 Å². The number of ether oxygens (including phenoxy) is 1. The number of carbonyl (C=O) groups is 1. The number of nitrogens with two attached hydrogens (primary N) is 1. The maximum Gasteiger partial charge on any atom is 0.274 e. The number of carbonyl (C=O) groups excluding carboxylic acids is 1. The van der Waals surface area contributed by atoms with E-state index in [1.165, 1.54) is 0 Å². The number of nitrogens with zero attached hydrogens (tertiary/aromatic N) is 2. The summed E-state index contributed by atoms with van der Waals surface area (Å²) in [6.45, 7) is 4.92. The fraction of sp³-hybridized carbons (Fsp3) is 0.500. The van der Waals surface area contributed by atoms with E-state index in [0.29, 0.717) is 18.2 Å². The van der Waals surface area contributed by atoms with E-state index < -0.39 is 0 Å². The van der Waals surface area contributed by atoms with Gasteiger partial charge >= 0.3 is 0 Å². The Labute approximate surface area is 111 Å². The number of pyridine rings is 1. The van der Waals surface area contributed by atoms with E-state index >= 15 is 0 Å². The van der Waals surface area contributed by atoms with Crippen LogP contribution < -0.4 is 5.73 Å². The molecule has 2 rings (SSSR count). The van der Waals surface area contributed by atoms with Gasteiger partial charge in [0.05, 0.1) is 23.8 Å². The zero-order valence-electron chi connectivity index (χ0n) is 10.4. The van der Waals surface area contributed by atoms with Crippen LogP contribution in [0.2, 0.25) is 5.02 Å². The molecular weight excluding hydrogens is 254 g/mol. The van der Waals surface area contributed by atoms with Crippen LogP contribution in [-0.2, 0) is 4.74 Å². The molecule has 0 radical (unpaired) electrons. The maximum atomic E-state index is 12.4. The van der Waals surface area contributed by atoms with Crippen molar-refractivity contribution >= 4 is 23.3 Å². The minimum absolute atomic E-state index is 0.00740. The highest BCUT2D eigenvalue weighted by atomic mass is 35.5. The van der Waals surface area contributed by atoms with E-state index in [1.54, 1.807) is 17.0 Å². The lowest BCUT2D eigenvalue weighted by Gasteiger charge is -2.36. The van der Waals surface area contributed by atoms with Crippen LogP contribution >= 0.6 is 11.6 Å². The first-order valence-electron chi connectivity index (χ1n) is 5.83. The molecule has 1 saturated heterocycles. The van der Waals surface area contributed by atoms with Gasteiger partial charge in [-0.2, -0.15) is 0 Å². The average Bonchev–Trinajstić information content (AvgIpc) is 2.34. The molecular formula is C12H16ClN3O2. The summed E-state index contributed by atoms with van der Waals surface area (Å²) >= 11 is 6.00. The zero-order valence-corrected chi connectivity index (χ0v) is 11.1. The van der Waals surface area contributed by atoms with Crippen molar-refractivity contribution in [2.75, 3.05) is 18.9 Å². The lowest BCUT2D eigenvalue weighted by Crippen LogP contribution is -2.50. The first kappa shape index (κ1) is 13.1. The van der Waals surface area contributed by atoms with Gasteiger partial charge in [-0.15, -0.1) is 0 Å². The minimum atomic E-state index is -0.199. The Morgan fingerprint density at radius 3 is 3.00 bits per heavy atom. The quantitative estimate of drug-likeness (QED) is 0.840. The van der Waals surface area contributed by atoms with E-state index in [4.69, 9.17) is 22.1 Å². The molecule has 0 spiro atoms. The summed E-state index contributed by atoms with van der Waals surface area (Å²) in [4.78, 5) is 18.1. The highest BCUT2D eigenvalue weighted by Gasteiger charge is 2.30. The number of morpholine rings is 1. The van der Waals surface area contributed by atoms with Gasteiger partial charge in [0.2, 0.25) is 0 Å². The molecule has 18 heavy (non-hydrogen) atoms. The fourth-order valence-electron chi connectivity index (χ4n) is 1.93. The van der Waals surface area contributed by atoms with Crippen molar-refractivity contribution in [3.05, 3.63) is 22.8 Å². The summed E-state index contributed by atoms with van der Waals surface area (Å²) in [5, 5.41) is 0.320. The smallest absolute Gasteiger partial charge is 0.274 e. The van der Waals surface area contributed by atoms with E-state index in [1.807, 2.05) is 13.8 Å². The van der Waals surface area contributed by atoms with Gasteiger partial charge in [-0.1, -0.05) is 11.6 Å². The van der Waals surface area contributed by atoms with Crippen molar-refractivity contribution in [2.24, 2.45) is 0 Å². The minimum Gasteiger partial charge on any atom is -0.384 e. The summed E-state index contributed by atoms with van der Waals surface area (Å²) in [6.07, 6.45) is 0.0185. The molecule has 2 N–H and O–H groups in total. The Bertz CT molecular complexity index is 467. The molecule has 1 aliphatic heterocycles. The molecule has 2 heterocycles. The van der Waals surface area contributed by atoms with Crippen LogP contribution in [-0.4, -0.2) is 41.1 Å². The van der Waals surface area contributed by atoms with E-state index in [-0.39, 0.29) is 29.6 Å². The average molecular weight is 270 g/mol. The number of hydrogen-bond donors (Lipinski definition) is 1. The van der Waals surface area contributed by atoms with Crippen molar-refractivity contribution in [3.8, 4) is 0 Å². The van der Waals surface area contributed by atoms with Crippen LogP contribution in [0.25, 0.3) is 0 Å². The molecule has 1 fully saturated rings. The molecule has 2 atom stereocenters. The molecule has 0 aromatic carbocycles. The lowest BCUT2D eigenvalue weighted by molar-refractivity contribution is -0.0388. The number of halogens is 1. The molecule has 1 aromatic heterocycles. The third-order valence-electron chi connectivity index (χ3n) is 2.94. The predicted molar refractivity (Wildman–Crippen MR) is 69.6 cm³/mol. The number of nitrogen functional groups attached to an aromatic ring is 1. The van der Waals surface area contributed by atoms with E-state index in [0.717, 1.165) is 0 Å². The van der Waals surface area contributed by atoms with Gasteiger partial charge < -0.3 is 15.4 Å². The molecule has 1 amide bonds. The van der Waals surface area contributed by atoms with Gasteiger partial charge in [-0.25, -0.2) is 4.98 Å². The van der Waals surface area contributed by atoms with Crippen molar-refractivity contribution in [1.29, 1.82) is 0 Å². The van der Waals surface area contributed by atoms with Crippen LogP contribution in [0.5, 0.6) is 0 Å². The van der Waals surface area contributed by atoms with Crippen LogP contribution in [0.3, 0.4) is 0 Å². The second kappa shape index (κ2) is 5.12. The van der Waals surface area contributed by atoms with Crippen molar-refractivity contribution < 1.29 is 9.53 Å². The van der Waals surface area contributed by atoms with Crippen LogP contribution in [0, 0.1) is 0 Å². The van der Waals surface area contributed by atoms with Gasteiger partial charge in [0.15, 0.2) is 0 Å². The van der Waals surface area contributed by atoms with Gasteiger partial charge in [0.25, 0.3) is 5.91 Å². The molecule has 6 heteroatoms. The maximum absolute atomic E-state index is 12.4. The number of aromatic nitrogens is 1. The summed E-state index contributed by atoms with van der Waals surface area (Å²) in [5.74, 6) is 0.0895. The van der Waals surface area contributed by atoms with Crippen LogP contribution in [0.1, 0.15) is 24.3 Å². The molecule has 2 unspecified atom stereocenters. The second-order valence-corrected chi connectivity index (χ2v) is 4.92. The number of hydrogen-bond acceptors (Lipinski definition) is 4. The fourth-order valence-corrected chi connectivity index (χ4v) is 2.12. The third kappa shape index (κ3) is 2.57. The second-order valence-electron chi connectivity index (χ2n) is 4.52.